The van der Waals surface area contributed by atoms with E-state index in [9.17, 15) is 9.18 Å². The molecule has 0 aliphatic carbocycles. The van der Waals surface area contributed by atoms with Crippen molar-refractivity contribution in [1.29, 1.82) is 0 Å². The van der Waals surface area contributed by atoms with E-state index >= 15 is 0 Å². The molecule has 2 heterocycles. The summed E-state index contributed by atoms with van der Waals surface area (Å²) in [7, 11) is 0. The maximum atomic E-state index is 13.0. The molecule has 26 heavy (non-hydrogen) atoms. The van der Waals surface area contributed by atoms with Gasteiger partial charge >= 0.3 is 0 Å². The van der Waals surface area contributed by atoms with Gasteiger partial charge in [-0.3, -0.25) is 4.79 Å². The van der Waals surface area contributed by atoms with Crippen molar-refractivity contribution in [2.45, 2.75) is 6.42 Å². The van der Waals surface area contributed by atoms with Crippen molar-refractivity contribution < 1.29 is 9.18 Å². The first-order valence-corrected chi connectivity index (χ1v) is 10.0. The molecule has 0 radical (unpaired) electrons. The Morgan fingerprint density at radius 1 is 1.12 bits per heavy atom. The molecule has 1 amide bonds. The topological polar surface area (TPSA) is 36.4 Å². The summed E-state index contributed by atoms with van der Waals surface area (Å²) in [6.07, 6.45) is 0.315. The molecular weight excluding hydrogens is 417 g/mol. The fourth-order valence-electron chi connectivity index (χ4n) is 3.06. The van der Waals surface area contributed by atoms with Crippen LogP contribution in [0.2, 0.25) is 0 Å². The molecule has 1 aromatic heterocycles. The maximum absolute atomic E-state index is 13.0. The Morgan fingerprint density at radius 2 is 1.85 bits per heavy atom. The second-order valence-corrected chi connectivity index (χ2v) is 8.20. The van der Waals surface area contributed by atoms with Crippen LogP contribution in [0, 0.1) is 5.82 Å². The average Bonchev–Trinajstić information content (AvgIpc) is 3.07. The highest BCUT2D eigenvalue weighted by Gasteiger charge is 2.23. The number of thiazole rings is 1. The SMILES string of the molecule is O=C(Cc1ccc(F)cc1)N1CCN(c2nc3ccc(Br)cc3s2)CC1. The Hall–Kier alpha value is -1.99. The van der Waals surface area contributed by atoms with E-state index in [4.69, 9.17) is 4.98 Å². The fraction of sp³-hybridized carbons (Fsp3) is 0.263. The van der Waals surface area contributed by atoms with E-state index < -0.39 is 0 Å². The Labute approximate surface area is 163 Å². The molecule has 0 atom stereocenters. The molecule has 0 unspecified atom stereocenters. The van der Waals surface area contributed by atoms with Crippen molar-refractivity contribution in [3.05, 3.63) is 58.3 Å². The van der Waals surface area contributed by atoms with E-state index in [2.05, 4.69) is 26.9 Å². The Kier molecular flexibility index (Phi) is 4.91. The van der Waals surface area contributed by atoms with E-state index in [-0.39, 0.29) is 11.7 Å². The number of piperazine rings is 1. The first-order chi connectivity index (χ1) is 12.6. The molecule has 1 aliphatic heterocycles. The molecule has 7 heteroatoms. The summed E-state index contributed by atoms with van der Waals surface area (Å²) >= 11 is 5.17. The lowest BCUT2D eigenvalue weighted by Crippen LogP contribution is -2.49. The number of carbonyl (C=O) groups excluding carboxylic acids is 1. The maximum Gasteiger partial charge on any atom is 0.227 e. The lowest BCUT2D eigenvalue weighted by atomic mass is 10.1. The van der Waals surface area contributed by atoms with E-state index in [0.29, 0.717) is 19.5 Å². The monoisotopic (exact) mass is 433 g/mol. The molecule has 2 aromatic carbocycles. The first-order valence-electron chi connectivity index (χ1n) is 8.42. The normalized spacial score (nSPS) is 14.8. The van der Waals surface area contributed by atoms with E-state index in [1.54, 1.807) is 23.5 Å². The lowest BCUT2D eigenvalue weighted by molar-refractivity contribution is -0.130. The minimum Gasteiger partial charge on any atom is -0.345 e. The van der Waals surface area contributed by atoms with Crippen LogP contribution in [0.15, 0.2) is 46.9 Å². The number of halogens is 2. The molecule has 0 N–H and O–H groups in total. The Balaban J connectivity index is 1.38. The van der Waals surface area contributed by atoms with Crippen molar-refractivity contribution in [2.75, 3.05) is 31.1 Å². The Bertz CT molecular complexity index is 936. The van der Waals surface area contributed by atoms with Gasteiger partial charge in [-0.25, -0.2) is 9.37 Å². The fourth-order valence-corrected chi connectivity index (χ4v) is 4.63. The largest absolute Gasteiger partial charge is 0.345 e. The van der Waals surface area contributed by atoms with E-state index in [1.807, 2.05) is 17.0 Å². The summed E-state index contributed by atoms with van der Waals surface area (Å²) in [4.78, 5) is 21.3. The molecule has 1 aliphatic rings. The summed E-state index contributed by atoms with van der Waals surface area (Å²) in [5, 5.41) is 1.00. The Morgan fingerprint density at radius 3 is 2.58 bits per heavy atom. The van der Waals surface area contributed by atoms with Gasteiger partial charge in [0.1, 0.15) is 5.82 Å². The van der Waals surface area contributed by atoms with Gasteiger partial charge in [0, 0.05) is 30.7 Å². The average molecular weight is 434 g/mol. The molecule has 4 nitrogen and oxygen atoms in total. The number of aromatic nitrogens is 1. The number of fused-ring (bicyclic) bond motifs is 1. The molecule has 3 aromatic rings. The van der Waals surface area contributed by atoms with Gasteiger partial charge in [0.05, 0.1) is 16.6 Å². The number of amides is 1. The zero-order valence-corrected chi connectivity index (χ0v) is 16.4. The number of hydrogen-bond donors (Lipinski definition) is 0. The number of anilines is 1. The number of nitrogens with zero attached hydrogens (tertiary/aromatic N) is 3. The minimum atomic E-state index is -0.280. The predicted molar refractivity (Wildman–Crippen MR) is 106 cm³/mol. The second kappa shape index (κ2) is 7.32. The van der Waals surface area contributed by atoms with Crippen molar-refractivity contribution in [1.82, 2.24) is 9.88 Å². The van der Waals surface area contributed by atoms with Crippen LogP contribution in [-0.2, 0) is 11.2 Å². The van der Waals surface area contributed by atoms with Gasteiger partial charge in [-0.2, -0.15) is 0 Å². The lowest BCUT2D eigenvalue weighted by Gasteiger charge is -2.34. The van der Waals surface area contributed by atoms with E-state index in [0.717, 1.165) is 38.5 Å². The summed E-state index contributed by atoms with van der Waals surface area (Å²) in [5.74, 6) is -0.192. The van der Waals surface area contributed by atoms with Crippen LogP contribution >= 0.6 is 27.3 Å². The van der Waals surface area contributed by atoms with Crippen LogP contribution in [0.3, 0.4) is 0 Å². The van der Waals surface area contributed by atoms with Crippen LogP contribution in [0.5, 0.6) is 0 Å². The predicted octanol–water partition coefficient (Wildman–Crippen LogP) is 4.09. The summed E-state index contributed by atoms with van der Waals surface area (Å²) < 4.78 is 15.2. The highest BCUT2D eigenvalue weighted by atomic mass is 79.9. The van der Waals surface area contributed by atoms with Crippen LogP contribution in [-0.4, -0.2) is 42.0 Å². The highest BCUT2D eigenvalue weighted by molar-refractivity contribution is 9.10. The number of rotatable bonds is 3. The molecule has 0 saturated carbocycles. The highest BCUT2D eigenvalue weighted by Crippen LogP contribution is 2.31. The van der Waals surface area contributed by atoms with Gasteiger partial charge < -0.3 is 9.80 Å². The van der Waals surface area contributed by atoms with Crippen LogP contribution in [0.4, 0.5) is 9.52 Å². The second-order valence-electron chi connectivity index (χ2n) is 6.28. The van der Waals surface area contributed by atoms with Crippen molar-refractivity contribution in [3.8, 4) is 0 Å². The number of hydrogen-bond acceptors (Lipinski definition) is 4. The van der Waals surface area contributed by atoms with Crippen molar-refractivity contribution >= 4 is 48.5 Å². The van der Waals surface area contributed by atoms with Gasteiger partial charge in [0.25, 0.3) is 0 Å². The van der Waals surface area contributed by atoms with Crippen molar-refractivity contribution in [3.63, 3.8) is 0 Å². The van der Waals surface area contributed by atoms with Crippen LogP contribution < -0.4 is 4.90 Å². The van der Waals surface area contributed by atoms with Gasteiger partial charge in [0.15, 0.2) is 5.13 Å². The van der Waals surface area contributed by atoms with Crippen LogP contribution in [0.25, 0.3) is 10.2 Å². The van der Waals surface area contributed by atoms with Gasteiger partial charge in [0.2, 0.25) is 5.91 Å². The molecule has 134 valence electrons. The third kappa shape index (κ3) is 3.73. The molecule has 0 bridgehead atoms. The quantitative estimate of drug-likeness (QED) is 0.623. The third-order valence-corrected chi connectivity index (χ3v) is 6.08. The summed E-state index contributed by atoms with van der Waals surface area (Å²) in [6, 6.07) is 12.2. The first kappa shape index (κ1) is 17.4. The van der Waals surface area contributed by atoms with Gasteiger partial charge in [-0.05, 0) is 35.9 Å². The van der Waals surface area contributed by atoms with E-state index in [1.165, 1.54) is 12.1 Å². The zero-order chi connectivity index (χ0) is 18.1. The molecule has 1 fully saturated rings. The number of benzene rings is 2. The smallest absolute Gasteiger partial charge is 0.227 e. The van der Waals surface area contributed by atoms with Crippen LogP contribution in [0.1, 0.15) is 5.56 Å². The van der Waals surface area contributed by atoms with Crippen molar-refractivity contribution in [2.24, 2.45) is 0 Å². The minimum absolute atomic E-state index is 0.0875. The molecule has 0 spiro atoms. The molecule has 4 rings (SSSR count). The summed E-state index contributed by atoms with van der Waals surface area (Å²) in [6.45, 7) is 2.91. The molecular formula is C19H17BrFN3OS. The molecule has 1 saturated heterocycles. The third-order valence-electron chi connectivity index (χ3n) is 4.51. The summed E-state index contributed by atoms with van der Waals surface area (Å²) in [5.41, 5.74) is 1.85. The van der Waals surface area contributed by atoms with Gasteiger partial charge in [-0.15, -0.1) is 0 Å². The van der Waals surface area contributed by atoms with Gasteiger partial charge in [-0.1, -0.05) is 39.4 Å². The standard InChI is InChI=1S/C19H17BrFN3OS/c20-14-3-6-16-17(12-14)26-19(22-16)24-9-7-23(8-10-24)18(25)11-13-1-4-15(21)5-2-13/h1-6,12H,7-11H2. The zero-order valence-electron chi connectivity index (χ0n) is 14.0. The number of carbonyl (C=O) groups is 1.